The number of aromatic nitrogens is 1. The molecule has 0 aliphatic carbocycles. The number of fused-ring (bicyclic) bond motifs is 1. The highest BCUT2D eigenvalue weighted by Crippen LogP contribution is 2.29. The predicted octanol–water partition coefficient (Wildman–Crippen LogP) is 2.09. The summed E-state index contributed by atoms with van der Waals surface area (Å²) in [6.45, 7) is 1.86. The average Bonchev–Trinajstić information content (AvgIpc) is 2.59. The lowest BCUT2D eigenvalue weighted by Crippen LogP contribution is -2.42. The van der Waals surface area contributed by atoms with Gasteiger partial charge in [-0.25, -0.2) is 4.98 Å². The van der Waals surface area contributed by atoms with E-state index in [9.17, 15) is 14.4 Å². The zero-order chi connectivity index (χ0) is 17.8. The molecular formula is C18H18N4O3. The predicted molar refractivity (Wildman–Crippen MR) is 94.3 cm³/mol. The number of nitrogens with zero attached hydrogens (tertiary/aromatic N) is 2. The first-order valence-corrected chi connectivity index (χ1v) is 7.94. The minimum Gasteiger partial charge on any atom is -0.323 e. The Morgan fingerprint density at radius 3 is 2.84 bits per heavy atom. The molecule has 0 atom stereocenters. The monoisotopic (exact) mass is 338 g/mol. The first-order chi connectivity index (χ1) is 12.0. The van der Waals surface area contributed by atoms with Crippen LogP contribution in [-0.2, 0) is 14.4 Å². The SMILES string of the molecule is Cc1ccnc(NC(=O)CCC(=O)N2CC(=O)Nc3ccccc32)c1. The first-order valence-electron chi connectivity index (χ1n) is 7.94. The fourth-order valence-corrected chi connectivity index (χ4v) is 2.62. The molecule has 2 heterocycles. The van der Waals surface area contributed by atoms with Gasteiger partial charge in [0.15, 0.2) is 0 Å². The number of aryl methyl sites for hydroxylation is 1. The van der Waals surface area contributed by atoms with Gasteiger partial charge in [-0.05, 0) is 36.8 Å². The molecule has 2 aromatic rings. The number of anilines is 3. The fourth-order valence-electron chi connectivity index (χ4n) is 2.62. The quantitative estimate of drug-likeness (QED) is 0.893. The average molecular weight is 338 g/mol. The van der Waals surface area contributed by atoms with Crippen LogP contribution in [0.4, 0.5) is 17.2 Å². The number of nitrogens with one attached hydrogen (secondary N) is 2. The van der Waals surface area contributed by atoms with Crippen LogP contribution in [0.5, 0.6) is 0 Å². The molecule has 1 aromatic heterocycles. The van der Waals surface area contributed by atoms with E-state index in [-0.39, 0.29) is 37.1 Å². The lowest BCUT2D eigenvalue weighted by molar-refractivity contribution is -0.124. The molecule has 0 saturated heterocycles. The number of pyridine rings is 1. The van der Waals surface area contributed by atoms with E-state index in [1.54, 1.807) is 36.5 Å². The van der Waals surface area contributed by atoms with Gasteiger partial charge in [0.25, 0.3) is 0 Å². The maximum Gasteiger partial charge on any atom is 0.244 e. The molecule has 128 valence electrons. The lowest BCUT2D eigenvalue weighted by Gasteiger charge is -2.29. The van der Waals surface area contributed by atoms with Crippen LogP contribution in [0.1, 0.15) is 18.4 Å². The number of hydrogen-bond donors (Lipinski definition) is 2. The molecule has 0 spiro atoms. The maximum atomic E-state index is 12.5. The van der Waals surface area contributed by atoms with Crippen molar-refractivity contribution in [3.8, 4) is 0 Å². The van der Waals surface area contributed by atoms with Gasteiger partial charge < -0.3 is 15.5 Å². The molecule has 0 unspecified atom stereocenters. The summed E-state index contributed by atoms with van der Waals surface area (Å²) in [7, 11) is 0. The van der Waals surface area contributed by atoms with E-state index in [1.807, 2.05) is 13.0 Å². The highest BCUT2D eigenvalue weighted by Gasteiger charge is 2.26. The zero-order valence-corrected chi connectivity index (χ0v) is 13.8. The summed E-state index contributed by atoms with van der Waals surface area (Å²) < 4.78 is 0. The van der Waals surface area contributed by atoms with Crippen LogP contribution in [0.15, 0.2) is 42.6 Å². The van der Waals surface area contributed by atoms with Gasteiger partial charge in [-0.3, -0.25) is 14.4 Å². The number of benzene rings is 1. The minimum atomic E-state index is -0.291. The van der Waals surface area contributed by atoms with Crippen molar-refractivity contribution in [3.63, 3.8) is 0 Å². The molecule has 3 amide bonds. The summed E-state index contributed by atoms with van der Waals surface area (Å²) in [4.78, 5) is 41.7. The molecule has 3 rings (SSSR count). The van der Waals surface area contributed by atoms with Crippen molar-refractivity contribution in [1.29, 1.82) is 0 Å². The molecule has 7 nitrogen and oxygen atoms in total. The van der Waals surface area contributed by atoms with Crippen molar-refractivity contribution in [2.75, 3.05) is 22.1 Å². The van der Waals surface area contributed by atoms with Gasteiger partial charge in [0.2, 0.25) is 17.7 Å². The summed E-state index contributed by atoms with van der Waals surface area (Å²) in [6.07, 6.45) is 1.65. The largest absolute Gasteiger partial charge is 0.323 e. The smallest absolute Gasteiger partial charge is 0.244 e. The zero-order valence-electron chi connectivity index (χ0n) is 13.8. The normalized spacial score (nSPS) is 13.0. The molecule has 0 fully saturated rings. The summed E-state index contributed by atoms with van der Waals surface area (Å²) in [5.74, 6) is -0.351. The number of amides is 3. The molecule has 2 N–H and O–H groups in total. The first kappa shape index (κ1) is 16.6. The van der Waals surface area contributed by atoms with Gasteiger partial charge in [-0.2, -0.15) is 0 Å². The van der Waals surface area contributed by atoms with Crippen LogP contribution in [0, 0.1) is 6.92 Å². The standard InChI is InChI=1S/C18H18N4O3/c1-12-8-9-19-15(10-12)21-16(23)6-7-18(25)22-11-17(24)20-13-4-2-3-5-14(13)22/h2-5,8-10H,6-7,11H2,1H3,(H,20,24)(H,19,21,23). The van der Waals surface area contributed by atoms with E-state index in [0.717, 1.165) is 5.56 Å². The van der Waals surface area contributed by atoms with Crippen LogP contribution in [0.2, 0.25) is 0 Å². The second kappa shape index (κ2) is 7.12. The Kier molecular flexibility index (Phi) is 4.74. The molecule has 1 aliphatic rings. The lowest BCUT2D eigenvalue weighted by atomic mass is 10.1. The van der Waals surface area contributed by atoms with Crippen LogP contribution >= 0.6 is 0 Å². The Hall–Kier alpha value is -3.22. The van der Waals surface area contributed by atoms with Crippen molar-refractivity contribution in [2.24, 2.45) is 0 Å². The van der Waals surface area contributed by atoms with Crippen molar-refractivity contribution in [2.45, 2.75) is 19.8 Å². The third-order valence-electron chi connectivity index (χ3n) is 3.82. The Balaban J connectivity index is 1.61. The highest BCUT2D eigenvalue weighted by atomic mass is 16.2. The van der Waals surface area contributed by atoms with E-state index in [0.29, 0.717) is 17.2 Å². The molecule has 1 aliphatic heterocycles. The van der Waals surface area contributed by atoms with Crippen LogP contribution in [-0.4, -0.2) is 29.3 Å². The second-order valence-electron chi connectivity index (χ2n) is 5.81. The minimum absolute atomic E-state index is 0.0132. The summed E-state index contributed by atoms with van der Waals surface area (Å²) in [6, 6.07) is 10.7. The van der Waals surface area contributed by atoms with E-state index < -0.39 is 0 Å². The topological polar surface area (TPSA) is 91.4 Å². The Bertz CT molecular complexity index is 835. The summed E-state index contributed by atoms with van der Waals surface area (Å²) in [5.41, 5.74) is 2.23. The van der Waals surface area contributed by atoms with Crippen molar-refractivity contribution < 1.29 is 14.4 Å². The molecule has 1 aromatic carbocycles. The van der Waals surface area contributed by atoms with Gasteiger partial charge in [0.05, 0.1) is 11.4 Å². The Labute approximate surface area is 145 Å². The molecule has 25 heavy (non-hydrogen) atoms. The van der Waals surface area contributed by atoms with Gasteiger partial charge in [-0.15, -0.1) is 0 Å². The van der Waals surface area contributed by atoms with Gasteiger partial charge in [0, 0.05) is 19.0 Å². The summed E-state index contributed by atoms with van der Waals surface area (Å²) >= 11 is 0. The second-order valence-corrected chi connectivity index (χ2v) is 5.81. The van der Waals surface area contributed by atoms with Gasteiger partial charge in [-0.1, -0.05) is 12.1 Å². The number of carbonyl (C=O) groups excluding carboxylic acids is 3. The highest BCUT2D eigenvalue weighted by molar-refractivity contribution is 6.10. The van der Waals surface area contributed by atoms with E-state index in [2.05, 4.69) is 15.6 Å². The third-order valence-corrected chi connectivity index (χ3v) is 3.82. The molecule has 0 bridgehead atoms. The number of hydrogen-bond acceptors (Lipinski definition) is 4. The van der Waals surface area contributed by atoms with Crippen LogP contribution in [0.25, 0.3) is 0 Å². The van der Waals surface area contributed by atoms with E-state index >= 15 is 0 Å². The number of para-hydroxylation sites is 2. The van der Waals surface area contributed by atoms with Gasteiger partial charge >= 0.3 is 0 Å². The third kappa shape index (κ3) is 4.00. The summed E-state index contributed by atoms with van der Waals surface area (Å²) in [5, 5.41) is 5.40. The van der Waals surface area contributed by atoms with Crippen LogP contribution in [0.3, 0.4) is 0 Å². The molecule has 7 heteroatoms. The van der Waals surface area contributed by atoms with Crippen molar-refractivity contribution in [1.82, 2.24) is 4.98 Å². The molecule has 0 saturated carbocycles. The van der Waals surface area contributed by atoms with E-state index in [4.69, 9.17) is 0 Å². The van der Waals surface area contributed by atoms with Crippen LogP contribution < -0.4 is 15.5 Å². The number of rotatable bonds is 4. The van der Waals surface area contributed by atoms with E-state index in [1.165, 1.54) is 4.90 Å². The number of carbonyl (C=O) groups is 3. The fraction of sp³-hybridized carbons (Fsp3) is 0.222. The Morgan fingerprint density at radius 1 is 1.24 bits per heavy atom. The Morgan fingerprint density at radius 2 is 2.04 bits per heavy atom. The maximum absolute atomic E-state index is 12.5. The van der Waals surface area contributed by atoms with Gasteiger partial charge in [0.1, 0.15) is 12.4 Å². The molecule has 0 radical (unpaired) electrons. The van der Waals surface area contributed by atoms with Crippen molar-refractivity contribution >= 4 is 34.9 Å². The molecular weight excluding hydrogens is 320 g/mol. The van der Waals surface area contributed by atoms with Crippen molar-refractivity contribution in [3.05, 3.63) is 48.2 Å².